The number of hydrogen-bond donors (Lipinski definition) is 1. The maximum Gasteiger partial charge on any atom is 0.225 e. The van der Waals surface area contributed by atoms with Crippen molar-refractivity contribution < 1.29 is 18.7 Å². The van der Waals surface area contributed by atoms with Crippen LogP contribution in [0.4, 0.5) is 4.39 Å². The van der Waals surface area contributed by atoms with Crippen molar-refractivity contribution in [3.8, 4) is 11.5 Å². The van der Waals surface area contributed by atoms with Gasteiger partial charge >= 0.3 is 0 Å². The van der Waals surface area contributed by atoms with Crippen LogP contribution in [0.2, 0.25) is 0 Å². The van der Waals surface area contributed by atoms with Crippen molar-refractivity contribution in [1.82, 2.24) is 14.9 Å². The van der Waals surface area contributed by atoms with Crippen LogP contribution in [0.15, 0.2) is 54.9 Å². The fourth-order valence-corrected chi connectivity index (χ4v) is 3.24. The summed E-state index contributed by atoms with van der Waals surface area (Å²) in [6, 6.07) is 11.1. The van der Waals surface area contributed by atoms with Gasteiger partial charge in [-0.1, -0.05) is 24.3 Å². The third kappa shape index (κ3) is 3.69. The van der Waals surface area contributed by atoms with Crippen LogP contribution in [0, 0.1) is 5.82 Å². The van der Waals surface area contributed by atoms with Crippen LogP contribution in [0.1, 0.15) is 23.0 Å². The van der Waals surface area contributed by atoms with Crippen LogP contribution in [0.5, 0.6) is 11.5 Å². The van der Waals surface area contributed by atoms with E-state index in [-0.39, 0.29) is 12.3 Å². The highest BCUT2D eigenvalue weighted by atomic mass is 19.1. The fraction of sp³-hybridized carbons (Fsp3) is 0.238. The standard InChI is InChI=1S/C21H20FN3O3/c1-25-9-8-23-21(25)20(15-4-2-3-5-16(15)22)24-19(26)13-14-6-7-17-18(12-14)28-11-10-27-17/h2-9,12,20H,10-11,13H2,1H3,(H,24,26). The Labute approximate surface area is 161 Å². The zero-order valence-corrected chi connectivity index (χ0v) is 15.4. The first kappa shape index (κ1) is 18.0. The second-order valence-electron chi connectivity index (χ2n) is 6.57. The van der Waals surface area contributed by atoms with Crippen molar-refractivity contribution >= 4 is 5.91 Å². The number of aromatic nitrogens is 2. The molecule has 1 amide bonds. The molecule has 2 heterocycles. The van der Waals surface area contributed by atoms with E-state index in [0.29, 0.717) is 36.1 Å². The summed E-state index contributed by atoms with van der Waals surface area (Å²) in [5.41, 5.74) is 1.15. The van der Waals surface area contributed by atoms with Gasteiger partial charge in [-0.2, -0.15) is 0 Å². The molecule has 28 heavy (non-hydrogen) atoms. The average Bonchev–Trinajstić information content (AvgIpc) is 3.12. The molecule has 1 aliphatic rings. The van der Waals surface area contributed by atoms with E-state index in [1.54, 1.807) is 47.3 Å². The van der Waals surface area contributed by atoms with Gasteiger partial charge < -0.3 is 19.4 Å². The predicted molar refractivity (Wildman–Crippen MR) is 101 cm³/mol. The number of carbonyl (C=O) groups is 1. The first-order chi connectivity index (χ1) is 13.6. The van der Waals surface area contributed by atoms with Gasteiger partial charge in [0.1, 0.15) is 30.9 Å². The number of ether oxygens (including phenoxy) is 2. The number of carbonyl (C=O) groups excluding carboxylic acids is 1. The van der Waals surface area contributed by atoms with Crippen LogP contribution in [-0.4, -0.2) is 28.7 Å². The van der Waals surface area contributed by atoms with Gasteiger partial charge in [-0.25, -0.2) is 9.37 Å². The molecule has 1 atom stereocenters. The molecule has 0 saturated carbocycles. The van der Waals surface area contributed by atoms with Gasteiger partial charge in [0, 0.05) is 25.0 Å². The van der Waals surface area contributed by atoms with Gasteiger partial charge in [0.2, 0.25) is 5.91 Å². The molecular weight excluding hydrogens is 361 g/mol. The van der Waals surface area contributed by atoms with Gasteiger partial charge in [0.15, 0.2) is 11.5 Å². The molecule has 1 unspecified atom stereocenters. The van der Waals surface area contributed by atoms with E-state index >= 15 is 0 Å². The Morgan fingerprint density at radius 2 is 2.00 bits per heavy atom. The summed E-state index contributed by atoms with van der Waals surface area (Å²) < 4.78 is 27.2. The largest absolute Gasteiger partial charge is 0.486 e. The molecule has 1 N–H and O–H groups in total. The van der Waals surface area contributed by atoms with Crippen molar-refractivity contribution in [2.75, 3.05) is 13.2 Å². The maximum atomic E-state index is 14.4. The van der Waals surface area contributed by atoms with Gasteiger partial charge in [0.05, 0.1) is 6.42 Å². The van der Waals surface area contributed by atoms with E-state index in [9.17, 15) is 9.18 Å². The van der Waals surface area contributed by atoms with E-state index in [4.69, 9.17) is 9.47 Å². The number of halogens is 1. The number of benzene rings is 2. The molecule has 1 aromatic heterocycles. The quantitative estimate of drug-likeness (QED) is 0.738. The first-order valence-electron chi connectivity index (χ1n) is 9.01. The lowest BCUT2D eigenvalue weighted by atomic mass is 10.0. The molecule has 0 radical (unpaired) electrons. The zero-order valence-electron chi connectivity index (χ0n) is 15.4. The Hall–Kier alpha value is -3.35. The Kier molecular flexibility index (Phi) is 4.97. The number of rotatable bonds is 5. The van der Waals surface area contributed by atoms with E-state index in [1.807, 2.05) is 13.1 Å². The van der Waals surface area contributed by atoms with Crippen LogP contribution >= 0.6 is 0 Å². The smallest absolute Gasteiger partial charge is 0.225 e. The summed E-state index contributed by atoms with van der Waals surface area (Å²) >= 11 is 0. The molecule has 1 aliphatic heterocycles. The molecule has 2 aromatic carbocycles. The lowest BCUT2D eigenvalue weighted by Crippen LogP contribution is -2.32. The van der Waals surface area contributed by atoms with Crippen LogP contribution in [0.3, 0.4) is 0 Å². The van der Waals surface area contributed by atoms with E-state index < -0.39 is 11.9 Å². The third-order valence-corrected chi connectivity index (χ3v) is 4.61. The Bertz CT molecular complexity index is 1000. The molecule has 0 spiro atoms. The minimum atomic E-state index is -0.689. The van der Waals surface area contributed by atoms with E-state index in [0.717, 1.165) is 5.56 Å². The first-order valence-corrected chi connectivity index (χ1v) is 9.01. The Morgan fingerprint density at radius 3 is 2.75 bits per heavy atom. The summed E-state index contributed by atoms with van der Waals surface area (Å²) in [5, 5.41) is 2.91. The molecule has 0 aliphatic carbocycles. The SMILES string of the molecule is Cn1ccnc1C(NC(=O)Cc1ccc2c(c1)OCCO2)c1ccccc1F. The van der Waals surface area contributed by atoms with Crippen molar-refractivity contribution in [3.05, 3.63) is 77.6 Å². The molecule has 3 aromatic rings. The highest BCUT2D eigenvalue weighted by Crippen LogP contribution is 2.31. The van der Waals surface area contributed by atoms with Gasteiger partial charge in [-0.05, 0) is 23.8 Å². The fourth-order valence-electron chi connectivity index (χ4n) is 3.24. The minimum absolute atomic E-state index is 0.131. The molecule has 0 bridgehead atoms. The molecular formula is C21H20FN3O3. The highest BCUT2D eigenvalue weighted by molar-refractivity contribution is 5.79. The van der Waals surface area contributed by atoms with Crippen molar-refractivity contribution in [3.63, 3.8) is 0 Å². The van der Waals surface area contributed by atoms with Crippen LogP contribution in [-0.2, 0) is 18.3 Å². The van der Waals surface area contributed by atoms with Crippen molar-refractivity contribution in [2.24, 2.45) is 7.05 Å². The maximum absolute atomic E-state index is 14.4. The zero-order chi connectivity index (χ0) is 19.5. The summed E-state index contributed by atoms with van der Waals surface area (Å²) in [6.45, 7) is 0.998. The van der Waals surface area contributed by atoms with Gasteiger partial charge in [0.25, 0.3) is 0 Å². The molecule has 4 rings (SSSR count). The molecule has 7 heteroatoms. The summed E-state index contributed by atoms with van der Waals surface area (Å²) in [6.07, 6.45) is 3.51. The van der Waals surface area contributed by atoms with Crippen LogP contribution in [0.25, 0.3) is 0 Å². The van der Waals surface area contributed by atoms with Gasteiger partial charge in [-0.3, -0.25) is 4.79 Å². The summed E-state index contributed by atoms with van der Waals surface area (Å²) in [5.74, 6) is 1.22. The predicted octanol–water partition coefficient (Wildman–Crippen LogP) is 2.78. The number of nitrogens with zero attached hydrogens (tertiary/aromatic N) is 2. The molecule has 6 nitrogen and oxygen atoms in total. The van der Waals surface area contributed by atoms with Crippen molar-refractivity contribution in [1.29, 1.82) is 0 Å². The molecule has 144 valence electrons. The topological polar surface area (TPSA) is 65.4 Å². The van der Waals surface area contributed by atoms with Crippen molar-refractivity contribution in [2.45, 2.75) is 12.5 Å². The van der Waals surface area contributed by atoms with E-state index in [1.165, 1.54) is 6.07 Å². The number of fused-ring (bicyclic) bond motifs is 1. The Morgan fingerprint density at radius 1 is 1.21 bits per heavy atom. The third-order valence-electron chi connectivity index (χ3n) is 4.61. The van der Waals surface area contributed by atoms with Gasteiger partial charge in [-0.15, -0.1) is 0 Å². The number of nitrogens with one attached hydrogen (secondary N) is 1. The minimum Gasteiger partial charge on any atom is -0.486 e. The summed E-state index contributed by atoms with van der Waals surface area (Å²) in [4.78, 5) is 17.0. The monoisotopic (exact) mass is 381 g/mol. The Balaban J connectivity index is 1.56. The summed E-state index contributed by atoms with van der Waals surface area (Å²) in [7, 11) is 1.81. The second kappa shape index (κ2) is 7.72. The number of hydrogen-bond acceptors (Lipinski definition) is 4. The number of amides is 1. The van der Waals surface area contributed by atoms with E-state index in [2.05, 4.69) is 10.3 Å². The van der Waals surface area contributed by atoms with Crippen LogP contribution < -0.4 is 14.8 Å². The lowest BCUT2D eigenvalue weighted by molar-refractivity contribution is -0.121. The average molecular weight is 381 g/mol. The molecule has 0 saturated heterocycles. The number of aryl methyl sites for hydroxylation is 1. The number of imidazole rings is 1. The molecule has 0 fully saturated rings. The normalized spacial score (nSPS) is 13.8. The second-order valence-corrected chi connectivity index (χ2v) is 6.57. The lowest BCUT2D eigenvalue weighted by Gasteiger charge is -2.21. The highest BCUT2D eigenvalue weighted by Gasteiger charge is 2.24.